The lowest BCUT2D eigenvalue weighted by molar-refractivity contribution is 0.00704. The number of hydrogen-bond acceptors (Lipinski definition) is 4. The number of rotatable bonds is 1. The SMILES string of the molecule is CC(C)(C)OC(=O)c1c2c(n3ccccc13)C(=O)c1ccccc1C2=O. The summed E-state index contributed by atoms with van der Waals surface area (Å²) in [4.78, 5) is 39.1. The van der Waals surface area contributed by atoms with Crippen molar-refractivity contribution >= 4 is 23.1 Å². The zero-order valence-electron chi connectivity index (χ0n) is 14.7. The molecule has 0 amide bonds. The second kappa shape index (κ2) is 5.39. The lowest BCUT2D eigenvalue weighted by Gasteiger charge is -2.20. The van der Waals surface area contributed by atoms with E-state index < -0.39 is 11.6 Å². The Morgan fingerprint density at radius 2 is 1.54 bits per heavy atom. The Morgan fingerprint density at radius 3 is 2.19 bits per heavy atom. The monoisotopic (exact) mass is 347 g/mol. The second-order valence-corrected chi connectivity index (χ2v) is 7.26. The van der Waals surface area contributed by atoms with Gasteiger partial charge in [0.1, 0.15) is 11.3 Å². The molecule has 5 heteroatoms. The lowest BCUT2D eigenvalue weighted by Crippen LogP contribution is -2.26. The van der Waals surface area contributed by atoms with E-state index in [-0.39, 0.29) is 28.4 Å². The van der Waals surface area contributed by atoms with Gasteiger partial charge >= 0.3 is 5.97 Å². The number of carbonyl (C=O) groups is 3. The Bertz CT molecular complexity index is 1100. The summed E-state index contributed by atoms with van der Waals surface area (Å²) in [7, 11) is 0. The molecule has 1 aliphatic rings. The number of fused-ring (bicyclic) bond motifs is 4. The normalized spacial score (nSPS) is 13.5. The van der Waals surface area contributed by atoms with E-state index in [9.17, 15) is 14.4 Å². The molecular weight excluding hydrogens is 330 g/mol. The van der Waals surface area contributed by atoms with E-state index in [1.54, 1.807) is 73.8 Å². The van der Waals surface area contributed by atoms with Crippen molar-refractivity contribution in [3.05, 3.63) is 76.6 Å². The van der Waals surface area contributed by atoms with Gasteiger partial charge in [-0.3, -0.25) is 9.59 Å². The molecule has 0 unspecified atom stereocenters. The zero-order chi connectivity index (χ0) is 18.6. The number of ketones is 2. The van der Waals surface area contributed by atoms with Crippen molar-refractivity contribution < 1.29 is 19.1 Å². The summed E-state index contributed by atoms with van der Waals surface area (Å²) < 4.78 is 7.11. The van der Waals surface area contributed by atoms with Crippen LogP contribution in [-0.4, -0.2) is 27.5 Å². The fourth-order valence-corrected chi connectivity index (χ4v) is 3.33. The first kappa shape index (κ1) is 16.3. The van der Waals surface area contributed by atoms with Gasteiger partial charge in [0.05, 0.1) is 16.6 Å². The van der Waals surface area contributed by atoms with Crippen LogP contribution in [0.5, 0.6) is 0 Å². The molecule has 26 heavy (non-hydrogen) atoms. The van der Waals surface area contributed by atoms with Gasteiger partial charge in [-0.1, -0.05) is 30.3 Å². The molecule has 0 atom stereocenters. The highest BCUT2D eigenvalue weighted by Crippen LogP contribution is 2.34. The van der Waals surface area contributed by atoms with E-state index in [2.05, 4.69) is 0 Å². The third-order valence-corrected chi connectivity index (χ3v) is 4.31. The summed E-state index contributed by atoms with van der Waals surface area (Å²) in [6.07, 6.45) is 1.68. The summed E-state index contributed by atoms with van der Waals surface area (Å²) in [5.41, 5.74) is 0.908. The van der Waals surface area contributed by atoms with Gasteiger partial charge < -0.3 is 9.14 Å². The summed E-state index contributed by atoms with van der Waals surface area (Å²) in [5.74, 6) is -1.21. The van der Waals surface area contributed by atoms with Crippen molar-refractivity contribution in [2.24, 2.45) is 0 Å². The minimum absolute atomic E-state index is 0.120. The quantitative estimate of drug-likeness (QED) is 0.493. The van der Waals surface area contributed by atoms with Crippen LogP contribution in [-0.2, 0) is 4.74 Å². The maximum atomic E-state index is 13.1. The second-order valence-electron chi connectivity index (χ2n) is 7.26. The van der Waals surface area contributed by atoms with Crippen LogP contribution < -0.4 is 0 Å². The van der Waals surface area contributed by atoms with Gasteiger partial charge in [-0.05, 0) is 32.9 Å². The van der Waals surface area contributed by atoms with Gasteiger partial charge in [0.2, 0.25) is 5.78 Å². The number of ether oxygens (including phenoxy) is 1. The number of nitrogens with zero attached hydrogens (tertiary/aromatic N) is 1. The lowest BCUT2D eigenvalue weighted by atomic mass is 9.86. The van der Waals surface area contributed by atoms with Crippen LogP contribution in [0.3, 0.4) is 0 Å². The van der Waals surface area contributed by atoms with Gasteiger partial charge in [-0.15, -0.1) is 0 Å². The molecule has 0 N–H and O–H groups in total. The molecule has 1 aromatic carbocycles. The molecule has 0 aliphatic heterocycles. The maximum absolute atomic E-state index is 13.1. The highest BCUT2D eigenvalue weighted by atomic mass is 16.6. The van der Waals surface area contributed by atoms with Crippen molar-refractivity contribution in [3.8, 4) is 0 Å². The van der Waals surface area contributed by atoms with E-state index >= 15 is 0 Å². The molecule has 5 nitrogen and oxygen atoms in total. The summed E-state index contributed by atoms with van der Waals surface area (Å²) >= 11 is 0. The highest BCUT2D eigenvalue weighted by Gasteiger charge is 2.38. The molecule has 4 rings (SSSR count). The molecular formula is C21H17NO4. The first-order valence-electron chi connectivity index (χ1n) is 8.34. The van der Waals surface area contributed by atoms with E-state index in [0.29, 0.717) is 16.6 Å². The van der Waals surface area contributed by atoms with Crippen molar-refractivity contribution in [3.63, 3.8) is 0 Å². The molecule has 0 radical (unpaired) electrons. The molecule has 130 valence electrons. The predicted octanol–water partition coefficient (Wildman–Crippen LogP) is 3.67. The predicted molar refractivity (Wildman–Crippen MR) is 95.9 cm³/mol. The van der Waals surface area contributed by atoms with Gasteiger partial charge in [0, 0.05) is 17.3 Å². The molecule has 1 aliphatic carbocycles. The highest BCUT2D eigenvalue weighted by molar-refractivity contribution is 6.31. The topological polar surface area (TPSA) is 64.8 Å². The number of esters is 1. The van der Waals surface area contributed by atoms with E-state index in [1.165, 1.54) is 0 Å². The molecule has 2 heterocycles. The number of aromatic nitrogens is 1. The van der Waals surface area contributed by atoms with Gasteiger partial charge in [-0.25, -0.2) is 4.79 Å². The van der Waals surface area contributed by atoms with Crippen molar-refractivity contribution in [2.45, 2.75) is 26.4 Å². The van der Waals surface area contributed by atoms with Crippen LogP contribution in [0, 0.1) is 0 Å². The minimum atomic E-state index is -0.716. The Labute approximate surface area is 150 Å². The van der Waals surface area contributed by atoms with E-state index in [4.69, 9.17) is 4.74 Å². The van der Waals surface area contributed by atoms with Crippen LogP contribution in [0.2, 0.25) is 0 Å². The molecule has 3 aromatic rings. The van der Waals surface area contributed by atoms with Crippen LogP contribution in [0.15, 0.2) is 48.7 Å². The molecule has 0 saturated heterocycles. The first-order valence-corrected chi connectivity index (χ1v) is 8.34. The van der Waals surface area contributed by atoms with Crippen LogP contribution in [0.1, 0.15) is 63.1 Å². The zero-order valence-corrected chi connectivity index (χ0v) is 14.7. The standard InChI is InChI=1S/C21H17NO4/c1-21(2,3)26-20(25)15-14-10-6-7-11-22(14)17-16(15)18(23)12-8-4-5-9-13(12)19(17)24/h4-11H,1-3H3. The van der Waals surface area contributed by atoms with Crippen LogP contribution >= 0.6 is 0 Å². The molecule has 0 spiro atoms. The largest absolute Gasteiger partial charge is 0.456 e. The fourth-order valence-electron chi connectivity index (χ4n) is 3.33. The third kappa shape index (κ3) is 2.28. The molecule has 0 fully saturated rings. The Kier molecular flexibility index (Phi) is 3.37. The Hall–Kier alpha value is -3.21. The van der Waals surface area contributed by atoms with Gasteiger partial charge in [-0.2, -0.15) is 0 Å². The van der Waals surface area contributed by atoms with Crippen molar-refractivity contribution in [1.82, 2.24) is 4.40 Å². The van der Waals surface area contributed by atoms with E-state index in [1.807, 2.05) is 0 Å². The fraction of sp³-hybridized carbons (Fsp3) is 0.190. The Morgan fingerprint density at radius 1 is 0.923 bits per heavy atom. The number of pyridine rings is 1. The van der Waals surface area contributed by atoms with Gasteiger partial charge in [0.15, 0.2) is 5.78 Å². The Balaban J connectivity index is 2.05. The maximum Gasteiger partial charge on any atom is 0.341 e. The third-order valence-electron chi connectivity index (χ3n) is 4.31. The summed E-state index contributed by atoms with van der Waals surface area (Å²) in [6.45, 7) is 5.29. The van der Waals surface area contributed by atoms with Gasteiger partial charge in [0.25, 0.3) is 0 Å². The van der Waals surface area contributed by atoms with Crippen molar-refractivity contribution in [2.75, 3.05) is 0 Å². The minimum Gasteiger partial charge on any atom is -0.456 e. The first-order chi connectivity index (χ1) is 12.3. The summed E-state index contributed by atoms with van der Waals surface area (Å²) in [5, 5.41) is 0. The molecule has 2 aromatic heterocycles. The smallest absolute Gasteiger partial charge is 0.341 e. The van der Waals surface area contributed by atoms with Crippen molar-refractivity contribution in [1.29, 1.82) is 0 Å². The average Bonchev–Trinajstić information content (AvgIpc) is 2.94. The number of benzene rings is 1. The van der Waals surface area contributed by atoms with Crippen LogP contribution in [0.25, 0.3) is 5.52 Å². The average molecular weight is 347 g/mol. The number of carbonyl (C=O) groups excluding carboxylic acids is 3. The molecule has 0 bridgehead atoms. The molecule has 0 saturated carbocycles. The van der Waals surface area contributed by atoms with E-state index in [0.717, 1.165) is 0 Å². The summed E-state index contributed by atoms with van der Waals surface area (Å²) in [6, 6.07) is 11.9. The van der Waals surface area contributed by atoms with Crippen LogP contribution in [0.4, 0.5) is 0 Å². The number of hydrogen-bond donors (Lipinski definition) is 0.